The van der Waals surface area contributed by atoms with Crippen LogP contribution in [-0.4, -0.2) is 24.2 Å². The number of rotatable bonds is 3. The number of hydrogen-bond donors (Lipinski definition) is 0. The Labute approximate surface area is 102 Å². The average Bonchev–Trinajstić information content (AvgIpc) is 2.79. The van der Waals surface area contributed by atoms with Gasteiger partial charge < -0.3 is 4.74 Å². The molecule has 0 aromatic carbocycles. The highest BCUT2D eigenvalue weighted by atomic mass is 79.9. The Bertz CT molecular complexity index is 303. The molecule has 0 fully saturated rings. The van der Waals surface area contributed by atoms with Gasteiger partial charge in [-0.15, -0.1) is 11.3 Å². The van der Waals surface area contributed by atoms with E-state index in [-0.39, 0.29) is 11.1 Å². The van der Waals surface area contributed by atoms with Gasteiger partial charge >= 0.3 is 5.97 Å². The van der Waals surface area contributed by atoms with Crippen molar-refractivity contribution in [2.75, 3.05) is 12.4 Å². The van der Waals surface area contributed by atoms with Crippen molar-refractivity contribution < 1.29 is 14.3 Å². The van der Waals surface area contributed by atoms with E-state index < -0.39 is 5.97 Å². The first-order chi connectivity index (χ1) is 7.19. The lowest BCUT2D eigenvalue weighted by molar-refractivity contribution is 0.0601. The smallest absolute Gasteiger partial charge is 0.338 e. The van der Waals surface area contributed by atoms with E-state index in [9.17, 15) is 9.59 Å². The van der Waals surface area contributed by atoms with E-state index in [1.165, 1.54) is 18.4 Å². The zero-order valence-corrected chi connectivity index (χ0v) is 11.3. The normalized spacial score (nSPS) is 8.80. The summed E-state index contributed by atoms with van der Waals surface area (Å²) in [6.07, 6.45) is 0. The summed E-state index contributed by atoms with van der Waals surface area (Å²) in [6.45, 7) is 4.00. The van der Waals surface area contributed by atoms with Crippen molar-refractivity contribution in [3.63, 3.8) is 0 Å². The number of Topliss-reactive ketones (excluding diaryl/α,β-unsaturated/α-hetero) is 1. The van der Waals surface area contributed by atoms with Crippen LogP contribution in [-0.2, 0) is 4.74 Å². The molecule has 0 radical (unpaired) electrons. The second kappa shape index (κ2) is 7.59. The lowest BCUT2D eigenvalue weighted by Gasteiger charge is -1.91. The molecule has 1 aromatic rings. The molecule has 0 unspecified atom stereocenters. The highest BCUT2D eigenvalue weighted by Gasteiger charge is 2.12. The van der Waals surface area contributed by atoms with Gasteiger partial charge in [0.15, 0.2) is 5.78 Å². The molecule has 0 saturated heterocycles. The van der Waals surface area contributed by atoms with Crippen molar-refractivity contribution in [3.05, 3.63) is 21.9 Å². The minimum absolute atomic E-state index is 0.0276. The summed E-state index contributed by atoms with van der Waals surface area (Å²) in [5.41, 5.74) is 0.428. The first kappa shape index (κ1) is 14.3. The second-order valence-corrected chi connectivity index (χ2v) is 3.72. The molecule has 0 spiro atoms. The first-order valence-electron chi connectivity index (χ1n) is 4.45. The van der Waals surface area contributed by atoms with Gasteiger partial charge in [-0.1, -0.05) is 29.8 Å². The van der Waals surface area contributed by atoms with Crippen molar-refractivity contribution in [1.29, 1.82) is 0 Å². The van der Waals surface area contributed by atoms with Crippen LogP contribution in [0.1, 0.15) is 33.9 Å². The SMILES string of the molecule is CC.COC(=O)c1csc(C(=O)CBr)c1. The van der Waals surface area contributed by atoms with Gasteiger partial charge in [-0.2, -0.15) is 0 Å². The lowest BCUT2D eigenvalue weighted by atomic mass is 10.3. The molecule has 0 aliphatic rings. The molecule has 15 heavy (non-hydrogen) atoms. The number of alkyl halides is 1. The summed E-state index contributed by atoms with van der Waals surface area (Å²) in [7, 11) is 1.31. The Morgan fingerprint density at radius 3 is 2.53 bits per heavy atom. The summed E-state index contributed by atoms with van der Waals surface area (Å²) in [5.74, 6) is -0.440. The third kappa shape index (κ3) is 4.13. The molecule has 0 atom stereocenters. The molecular formula is C10H13BrO3S. The number of ether oxygens (including phenoxy) is 1. The molecule has 0 N–H and O–H groups in total. The third-order valence-electron chi connectivity index (χ3n) is 1.42. The fourth-order valence-corrected chi connectivity index (χ4v) is 2.08. The Balaban J connectivity index is 0.000000921. The Kier molecular flexibility index (Phi) is 7.25. The molecule has 84 valence electrons. The van der Waals surface area contributed by atoms with Gasteiger partial charge in [-0.25, -0.2) is 4.79 Å². The van der Waals surface area contributed by atoms with Crippen LogP contribution in [0.4, 0.5) is 0 Å². The first-order valence-corrected chi connectivity index (χ1v) is 6.45. The van der Waals surface area contributed by atoms with Crippen LogP contribution in [0.15, 0.2) is 11.4 Å². The van der Waals surface area contributed by atoms with Crippen LogP contribution < -0.4 is 0 Å². The molecule has 0 saturated carbocycles. The van der Waals surface area contributed by atoms with Crippen molar-refractivity contribution in [2.45, 2.75) is 13.8 Å². The molecule has 3 nitrogen and oxygen atoms in total. The molecule has 0 amide bonds. The summed E-state index contributed by atoms with van der Waals surface area (Å²) in [5, 5.41) is 1.88. The molecule has 0 aliphatic carbocycles. The quantitative estimate of drug-likeness (QED) is 0.488. The maximum absolute atomic E-state index is 11.1. The van der Waals surface area contributed by atoms with Gasteiger partial charge in [0.2, 0.25) is 0 Å². The van der Waals surface area contributed by atoms with Crippen LogP contribution in [0, 0.1) is 0 Å². The number of hydrogen-bond acceptors (Lipinski definition) is 4. The van der Waals surface area contributed by atoms with E-state index in [0.29, 0.717) is 10.4 Å². The monoisotopic (exact) mass is 292 g/mol. The van der Waals surface area contributed by atoms with Crippen molar-refractivity contribution in [3.8, 4) is 0 Å². The number of ketones is 1. The van der Waals surface area contributed by atoms with Crippen LogP contribution in [0.2, 0.25) is 0 Å². The number of thiophene rings is 1. The van der Waals surface area contributed by atoms with E-state index in [4.69, 9.17) is 0 Å². The predicted molar refractivity (Wildman–Crippen MR) is 65.1 cm³/mol. The number of esters is 1. The molecule has 5 heteroatoms. The van der Waals surface area contributed by atoms with E-state index in [1.807, 2.05) is 13.8 Å². The maximum atomic E-state index is 11.1. The molecule has 0 aliphatic heterocycles. The molecule has 1 rings (SSSR count). The van der Waals surface area contributed by atoms with Crippen molar-refractivity contribution in [1.82, 2.24) is 0 Å². The van der Waals surface area contributed by atoms with E-state index >= 15 is 0 Å². The molecular weight excluding hydrogens is 280 g/mol. The zero-order valence-electron chi connectivity index (χ0n) is 8.87. The van der Waals surface area contributed by atoms with Crippen LogP contribution >= 0.6 is 27.3 Å². The van der Waals surface area contributed by atoms with E-state index in [2.05, 4.69) is 20.7 Å². The Morgan fingerprint density at radius 2 is 2.07 bits per heavy atom. The highest BCUT2D eigenvalue weighted by Crippen LogP contribution is 2.16. The van der Waals surface area contributed by atoms with Gasteiger partial charge in [-0.05, 0) is 6.07 Å². The molecule has 1 aromatic heterocycles. The van der Waals surface area contributed by atoms with Gasteiger partial charge in [0.25, 0.3) is 0 Å². The molecule has 0 bridgehead atoms. The number of halogens is 1. The lowest BCUT2D eigenvalue weighted by Crippen LogP contribution is -2.00. The summed E-state index contributed by atoms with van der Waals surface area (Å²) in [4.78, 5) is 22.7. The zero-order chi connectivity index (χ0) is 11.8. The predicted octanol–water partition coefficient (Wildman–Crippen LogP) is 3.14. The van der Waals surface area contributed by atoms with Gasteiger partial charge in [-0.3, -0.25) is 4.79 Å². The minimum Gasteiger partial charge on any atom is -0.465 e. The molecule has 1 heterocycles. The average molecular weight is 293 g/mol. The summed E-state index contributed by atoms with van der Waals surface area (Å²) in [6, 6.07) is 1.54. The van der Waals surface area contributed by atoms with E-state index in [1.54, 1.807) is 11.4 Å². The standard InChI is InChI=1S/C8H7BrO3S.C2H6/c1-12-8(11)5-2-7(13-4-5)6(10)3-9;1-2/h2,4H,3H2,1H3;1-2H3. The minimum atomic E-state index is -0.412. The summed E-state index contributed by atoms with van der Waals surface area (Å²) >= 11 is 4.30. The maximum Gasteiger partial charge on any atom is 0.338 e. The number of carbonyl (C=O) groups is 2. The van der Waals surface area contributed by atoms with Crippen LogP contribution in [0.5, 0.6) is 0 Å². The Morgan fingerprint density at radius 1 is 1.47 bits per heavy atom. The second-order valence-electron chi connectivity index (χ2n) is 2.25. The van der Waals surface area contributed by atoms with Gasteiger partial charge in [0.05, 0.1) is 22.9 Å². The van der Waals surface area contributed by atoms with E-state index in [0.717, 1.165) is 0 Å². The fraction of sp³-hybridized carbons (Fsp3) is 0.400. The van der Waals surface area contributed by atoms with Crippen LogP contribution in [0.3, 0.4) is 0 Å². The number of methoxy groups -OCH3 is 1. The van der Waals surface area contributed by atoms with Crippen molar-refractivity contribution in [2.24, 2.45) is 0 Å². The van der Waals surface area contributed by atoms with Crippen molar-refractivity contribution >= 4 is 39.0 Å². The number of carbonyl (C=O) groups excluding carboxylic acids is 2. The van der Waals surface area contributed by atoms with Gasteiger partial charge in [0, 0.05) is 5.38 Å². The van der Waals surface area contributed by atoms with Crippen LogP contribution in [0.25, 0.3) is 0 Å². The largest absolute Gasteiger partial charge is 0.465 e. The fourth-order valence-electron chi connectivity index (χ4n) is 0.773. The van der Waals surface area contributed by atoms with Gasteiger partial charge in [0.1, 0.15) is 0 Å². The summed E-state index contributed by atoms with van der Waals surface area (Å²) < 4.78 is 4.51. The third-order valence-corrected chi connectivity index (χ3v) is 2.90. The highest BCUT2D eigenvalue weighted by molar-refractivity contribution is 9.09. The Hall–Kier alpha value is -0.680. The topological polar surface area (TPSA) is 43.4 Å².